The summed E-state index contributed by atoms with van der Waals surface area (Å²) in [6.45, 7) is 5.45. The zero-order chi connectivity index (χ0) is 22.1. The van der Waals surface area contributed by atoms with E-state index >= 15 is 0 Å². The lowest BCUT2D eigenvalue weighted by atomic mass is 10.1. The lowest BCUT2D eigenvalue weighted by Gasteiger charge is -2.12. The number of aryl methyl sites for hydroxylation is 3. The molecule has 2 amide bonds. The maximum atomic E-state index is 13.0. The fraction of sp³-hybridized carbons (Fsp3) is 0.182. The summed E-state index contributed by atoms with van der Waals surface area (Å²) >= 11 is 1.35. The molecule has 4 aromatic rings. The fourth-order valence-electron chi connectivity index (χ4n) is 3.41. The number of carbonyl (C=O) groups is 2. The Morgan fingerprint density at radius 1 is 1.00 bits per heavy atom. The zero-order valence-electron chi connectivity index (χ0n) is 17.6. The van der Waals surface area contributed by atoms with Crippen LogP contribution >= 0.6 is 11.3 Å². The average molecular weight is 435 g/mol. The van der Waals surface area contributed by atoms with Gasteiger partial charge in [0.25, 0.3) is 5.91 Å². The van der Waals surface area contributed by atoms with Crippen LogP contribution in [0.2, 0.25) is 0 Å². The third kappa shape index (κ3) is 4.13. The predicted octanol–water partition coefficient (Wildman–Crippen LogP) is 4.16. The van der Waals surface area contributed by atoms with Crippen LogP contribution in [0, 0.1) is 13.8 Å². The Morgan fingerprint density at radius 3 is 2.32 bits per heavy atom. The lowest BCUT2D eigenvalue weighted by molar-refractivity contribution is -0.114. The Labute approximate surface area is 183 Å². The van der Waals surface area contributed by atoms with Crippen molar-refractivity contribution in [1.82, 2.24) is 19.3 Å². The first-order valence-electron chi connectivity index (χ1n) is 9.65. The first kappa shape index (κ1) is 20.5. The Morgan fingerprint density at radius 2 is 1.68 bits per heavy atom. The molecule has 0 saturated carbocycles. The van der Waals surface area contributed by atoms with Gasteiger partial charge in [-0.05, 0) is 38.1 Å². The molecule has 9 heteroatoms. The van der Waals surface area contributed by atoms with E-state index in [9.17, 15) is 9.59 Å². The van der Waals surface area contributed by atoms with Crippen molar-refractivity contribution in [3.8, 4) is 17.1 Å². The van der Waals surface area contributed by atoms with E-state index in [-0.39, 0.29) is 11.8 Å². The minimum absolute atomic E-state index is 0.119. The van der Waals surface area contributed by atoms with E-state index in [4.69, 9.17) is 0 Å². The number of thiazole rings is 1. The SMILES string of the molecule is CC(=O)Nc1ccc(-c2csc(NC(=O)c3cnn(C)c3-n3c(C)ccc3C)n2)cc1. The first-order chi connectivity index (χ1) is 14.8. The number of rotatable bonds is 5. The van der Waals surface area contributed by atoms with E-state index in [2.05, 4.69) is 20.7 Å². The van der Waals surface area contributed by atoms with Gasteiger partial charge in [-0.15, -0.1) is 11.3 Å². The highest BCUT2D eigenvalue weighted by Crippen LogP contribution is 2.27. The maximum absolute atomic E-state index is 13.0. The molecule has 3 heterocycles. The molecule has 0 saturated heterocycles. The molecule has 4 rings (SSSR count). The van der Waals surface area contributed by atoms with Gasteiger partial charge < -0.3 is 9.88 Å². The summed E-state index contributed by atoms with van der Waals surface area (Å²) in [7, 11) is 1.82. The molecule has 0 unspecified atom stereocenters. The van der Waals surface area contributed by atoms with Crippen LogP contribution < -0.4 is 10.6 Å². The van der Waals surface area contributed by atoms with Gasteiger partial charge in [0, 0.05) is 42.0 Å². The topological polar surface area (TPSA) is 93.8 Å². The van der Waals surface area contributed by atoms with Gasteiger partial charge in [0.05, 0.1) is 11.9 Å². The van der Waals surface area contributed by atoms with Crippen molar-refractivity contribution in [2.24, 2.45) is 7.05 Å². The van der Waals surface area contributed by atoms with E-state index in [1.165, 1.54) is 18.3 Å². The molecule has 0 aliphatic rings. The largest absolute Gasteiger partial charge is 0.326 e. The highest BCUT2D eigenvalue weighted by atomic mass is 32.1. The van der Waals surface area contributed by atoms with Gasteiger partial charge in [-0.25, -0.2) is 4.98 Å². The van der Waals surface area contributed by atoms with Crippen LogP contribution in [0.1, 0.15) is 28.7 Å². The van der Waals surface area contributed by atoms with E-state index in [1.807, 2.05) is 67.2 Å². The minimum atomic E-state index is -0.266. The second-order valence-electron chi connectivity index (χ2n) is 7.21. The van der Waals surface area contributed by atoms with Gasteiger partial charge in [0.1, 0.15) is 11.4 Å². The van der Waals surface area contributed by atoms with E-state index in [1.54, 1.807) is 10.9 Å². The molecule has 1 aromatic carbocycles. The number of carbonyl (C=O) groups excluding carboxylic acids is 2. The summed E-state index contributed by atoms with van der Waals surface area (Å²) in [4.78, 5) is 28.7. The van der Waals surface area contributed by atoms with Gasteiger partial charge in [0.2, 0.25) is 5.91 Å². The van der Waals surface area contributed by atoms with Crippen LogP contribution in [0.15, 0.2) is 48.0 Å². The smallest absolute Gasteiger partial charge is 0.262 e. The molecule has 0 aliphatic heterocycles. The molecule has 0 fully saturated rings. The second-order valence-corrected chi connectivity index (χ2v) is 8.07. The standard InChI is InChI=1S/C22H22N6O2S/c1-13-5-6-14(2)28(13)21-18(11-23-27(21)4)20(30)26-22-25-19(12-31-22)16-7-9-17(10-8-16)24-15(3)29/h5-12H,1-4H3,(H,24,29)(H,25,26,30). The molecule has 158 valence electrons. The number of aromatic nitrogens is 4. The van der Waals surface area contributed by atoms with Gasteiger partial charge in [0.15, 0.2) is 5.13 Å². The Balaban J connectivity index is 1.55. The van der Waals surface area contributed by atoms with Crippen molar-refractivity contribution < 1.29 is 9.59 Å². The quantitative estimate of drug-likeness (QED) is 0.493. The van der Waals surface area contributed by atoms with Gasteiger partial charge in [-0.3, -0.25) is 19.6 Å². The summed E-state index contributed by atoms with van der Waals surface area (Å²) in [5.74, 6) is 0.326. The minimum Gasteiger partial charge on any atom is -0.326 e. The first-order valence-corrected chi connectivity index (χ1v) is 10.5. The number of benzene rings is 1. The van der Waals surface area contributed by atoms with Crippen molar-refractivity contribution in [3.05, 3.63) is 64.9 Å². The highest BCUT2D eigenvalue weighted by molar-refractivity contribution is 7.14. The molecule has 3 aromatic heterocycles. The summed E-state index contributed by atoms with van der Waals surface area (Å²) in [6, 6.07) is 11.4. The van der Waals surface area contributed by atoms with E-state index in [0.29, 0.717) is 16.5 Å². The Bertz CT molecular complexity index is 1250. The molecule has 0 bridgehead atoms. The number of nitrogens with one attached hydrogen (secondary N) is 2. The summed E-state index contributed by atoms with van der Waals surface area (Å²) < 4.78 is 3.70. The molecule has 0 aliphatic carbocycles. The lowest BCUT2D eigenvalue weighted by Crippen LogP contribution is -2.16. The van der Waals surface area contributed by atoms with Crippen LogP contribution in [-0.4, -0.2) is 31.1 Å². The Kier molecular flexibility index (Phi) is 5.43. The van der Waals surface area contributed by atoms with Crippen molar-refractivity contribution in [2.75, 3.05) is 10.6 Å². The molecule has 0 spiro atoms. The predicted molar refractivity (Wildman–Crippen MR) is 122 cm³/mol. The number of hydrogen-bond acceptors (Lipinski definition) is 5. The van der Waals surface area contributed by atoms with Crippen molar-refractivity contribution in [1.29, 1.82) is 0 Å². The molecular weight excluding hydrogens is 412 g/mol. The van der Waals surface area contributed by atoms with Crippen LogP contribution in [0.25, 0.3) is 17.1 Å². The number of amides is 2. The Hall–Kier alpha value is -3.72. The van der Waals surface area contributed by atoms with Crippen molar-refractivity contribution in [2.45, 2.75) is 20.8 Å². The third-order valence-electron chi connectivity index (χ3n) is 4.86. The number of anilines is 2. The molecule has 0 radical (unpaired) electrons. The van der Waals surface area contributed by atoms with Gasteiger partial charge in [-0.2, -0.15) is 5.10 Å². The van der Waals surface area contributed by atoms with Gasteiger partial charge >= 0.3 is 0 Å². The monoisotopic (exact) mass is 434 g/mol. The van der Waals surface area contributed by atoms with Crippen molar-refractivity contribution in [3.63, 3.8) is 0 Å². The van der Waals surface area contributed by atoms with Gasteiger partial charge in [-0.1, -0.05) is 12.1 Å². The van der Waals surface area contributed by atoms with Crippen molar-refractivity contribution >= 4 is 34.0 Å². The summed E-state index contributed by atoms with van der Waals surface area (Å²) in [5, 5.41) is 12.3. The number of hydrogen-bond donors (Lipinski definition) is 2. The van der Waals surface area contributed by atoms with E-state index < -0.39 is 0 Å². The average Bonchev–Trinajstić information content (AvgIpc) is 3.42. The molecule has 0 atom stereocenters. The third-order valence-corrected chi connectivity index (χ3v) is 5.62. The zero-order valence-corrected chi connectivity index (χ0v) is 18.4. The maximum Gasteiger partial charge on any atom is 0.262 e. The fourth-order valence-corrected chi connectivity index (χ4v) is 4.13. The summed E-state index contributed by atoms with van der Waals surface area (Å²) in [5.41, 5.74) is 4.88. The van der Waals surface area contributed by atoms with Crippen LogP contribution in [0.3, 0.4) is 0 Å². The summed E-state index contributed by atoms with van der Waals surface area (Å²) in [6.07, 6.45) is 1.57. The normalized spacial score (nSPS) is 10.8. The highest BCUT2D eigenvalue weighted by Gasteiger charge is 2.21. The molecule has 31 heavy (non-hydrogen) atoms. The number of nitrogens with zero attached hydrogens (tertiary/aromatic N) is 4. The molecule has 2 N–H and O–H groups in total. The molecule has 8 nitrogen and oxygen atoms in total. The van der Waals surface area contributed by atoms with Crippen LogP contribution in [-0.2, 0) is 11.8 Å². The van der Waals surface area contributed by atoms with E-state index in [0.717, 1.165) is 28.3 Å². The van der Waals surface area contributed by atoms with Crippen LogP contribution in [0.5, 0.6) is 0 Å². The second kappa shape index (κ2) is 8.19. The molecular formula is C22H22N6O2S. The van der Waals surface area contributed by atoms with Crippen LogP contribution in [0.4, 0.5) is 10.8 Å².